The van der Waals surface area contributed by atoms with E-state index in [4.69, 9.17) is 9.47 Å². The molecule has 1 atom stereocenters. The number of fused-ring (bicyclic) bond motifs is 1. The van der Waals surface area contributed by atoms with Gasteiger partial charge in [0.25, 0.3) is 5.56 Å². The minimum absolute atomic E-state index is 0.0195. The molecule has 25 heavy (non-hydrogen) atoms. The molecule has 0 aliphatic heterocycles. The molecule has 0 spiro atoms. The fourth-order valence-corrected chi connectivity index (χ4v) is 3.51. The van der Waals surface area contributed by atoms with Crippen LogP contribution in [0.2, 0.25) is 0 Å². The smallest absolute Gasteiger partial charge is 0.258 e. The highest BCUT2D eigenvalue weighted by Crippen LogP contribution is 2.27. The van der Waals surface area contributed by atoms with Crippen LogP contribution in [0.4, 0.5) is 0 Å². The number of quaternary nitrogens is 1. The molecule has 2 aromatic heterocycles. The Kier molecular flexibility index (Phi) is 5.35. The number of hydrogen-bond donors (Lipinski definition) is 1. The van der Waals surface area contributed by atoms with Gasteiger partial charge < -0.3 is 14.4 Å². The van der Waals surface area contributed by atoms with Crippen LogP contribution in [-0.4, -0.2) is 37.2 Å². The predicted octanol–water partition coefficient (Wildman–Crippen LogP) is 1.03. The van der Waals surface area contributed by atoms with Crippen molar-refractivity contribution in [3.8, 4) is 11.5 Å². The van der Waals surface area contributed by atoms with Crippen molar-refractivity contribution in [1.82, 2.24) is 9.38 Å². The molecule has 0 bridgehead atoms. The maximum atomic E-state index is 12.0. The maximum absolute atomic E-state index is 12.0. The van der Waals surface area contributed by atoms with Crippen LogP contribution in [0.15, 0.2) is 40.6 Å². The number of aromatic nitrogens is 2. The van der Waals surface area contributed by atoms with Crippen molar-refractivity contribution in [2.45, 2.75) is 13.0 Å². The molecule has 3 rings (SSSR count). The lowest BCUT2D eigenvalue weighted by atomic mass is 10.1. The molecule has 0 aliphatic rings. The van der Waals surface area contributed by atoms with Crippen LogP contribution in [0.1, 0.15) is 11.3 Å². The molecule has 0 saturated heterocycles. The third-order valence-electron chi connectivity index (χ3n) is 4.13. The van der Waals surface area contributed by atoms with Gasteiger partial charge in [0.1, 0.15) is 12.2 Å². The molecule has 1 aromatic carbocycles. The first-order valence-electron chi connectivity index (χ1n) is 8.08. The molecule has 0 fully saturated rings. The summed E-state index contributed by atoms with van der Waals surface area (Å²) in [7, 11) is 5.39. The lowest BCUT2D eigenvalue weighted by molar-refractivity contribution is -0.893. The minimum atomic E-state index is -0.0195. The van der Waals surface area contributed by atoms with Gasteiger partial charge in [-0.2, -0.15) is 0 Å². The fraction of sp³-hybridized carbons (Fsp3) is 0.333. The monoisotopic (exact) mass is 360 g/mol. The highest BCUT2D eigenvalue weighted by atomic mass is 32.1. The maximum Gasteiger partial charge on any atom is 0.258 e. The molecular weight excluding hydrogens is 338 g/mol. The van der Waals surface area contributed by atoms with Gasteiger partial charge >= 0.3 is 0 Å². The van der Waals surface area contributed by atoms with Gasteiger partial charge in [-0.05, 0) is 17.7 Å². The average Bonchev–Trinajstić information content (AvgIpc) is 3.08. The SMILES string of the molecule is COc1ccc(CC[NH+](C)Cc2cc(=O)n3ccsc3n2)cc1OC. The highest BCUT2D eigenvalue weighted by Gasteiger charge is 2.10. The summed E-state index contributed by atoms with van der Waals surface area (Å²) >= 11 is 1.48. The summed E-state index contributed by atoms with van der Waals surface area (Å²) in [6.45, 7) is 1.65. The number of ether oxygens (including phenoxy) is 2. The quantitative estimate of drug-likeness (QED) is 0.684. The van der Waals surface area contributed by atoms with Gasteiger partial charge in [0.05, 0.1) is 27.8 Å². The zero-order valence-corrected chi connectivity index (χ0v) is 15.4. The molecule has 132 valence electrons. The first-order chi connectivity index (χ1) is 12.1. The Morgan fingerprint density at radius 3 is 2.76 bits per heavy atom. The Labute approximate surface area is 150 Å². The van der Waals surface area contributed by atoms with Crippen LogP contribution in [0.3, 0.4) is 0 Å². The van der Waals surface area contributed by atoms with Crippen molar-refractivity contribution >= 4 is 16.3 Å². The van der Waals surface area contributed by atoms with Crippen molar-refractivity contribution in [3.63, 3.8) is 0 Å². The molecule has 3 aromatic rings. The molecule has 6 nitrogen and oxygen atoms in total. The average molecular weight is 360 g/mol. The van der Waals surface area contributed by atoms with Crippen LogP contribution in [0.25, 0.3) is 4.96 Å². The van der Waals surface area contributed by atoms with Crippen LogP contribution >= 0.6 is 11.3 Å². The lowest BCUT2D eigenvalue weighted by Crippen LogP contribution is -3.07. The van der Waals surface area contributed by atoms with Gasteiger partial charge in [0.15, 0.2) is 16.5 Å². The van der Waals surface area contributed by atoms with Gasteiger partial charge in [-0.25, -0.2) is 4.98 Å². The van der Waals surface area contributed by atoms with Crippen molar-refractivity contribution in [1.29, 1.82) is 0 Å². The van der Waals surface area contributed by atoms with Crippen molar-refractivity contribution < 1.29 is 14.4 Å². The van der Waals surface area contributed by atoms with E-state index in [1.165, 1.54) is 21.8 Å². The topological polar surface area (TPSA) is 57.3 Å². The summed E-state index contributed by atoms with van der Waals surface area (Å²) in [5.41, 5.74) is 2.00. The first kappa shape index (κ1) is 17.4. The first-order valence-corrected chi connectivity index (χ1v) is 8.96. The third kappa shape index (κ3) is 4.00. The second kappa shape index (κ2) is 7.67. The normalized spacial score (nSPS) is 12.3. The van der Waals surface area contributed by atoms with E-state index in [0.717, 1.165) is 41.7 Å². The Morgan fingerprint density at radius 2 is 2.00 bits per heavy atom. The Hall–Kier alpha value is -2.38. The number of benzene rings is 1. The van der Waals surface area contributed by atoms with Crippen LogP contribution in [0.5, 0.6) is 11.5 Å². The van der Waals surface area contributed by atoms with Gasteiger partial charge in [-0.15, -0.1) is 11.3 Å². The van der Waals surface area contributed by atoms with Crippen LogP contribution in [-0.2, 0) is 13.0 Å². The summed E-state index contributed by atoms with van der Waals surface area (Å²) in [6, 6.07) is 7.61. The summed E-state index contributed by atoms with van der Waals surface area (Å²) in [5.74, 6) is 1.48. The number of thiazole rings is 1. The minimum Gasteiger partial charge on any atom is -0.493 e. The van der Waals surface area contributed by atoms with E-state index in [1.807, 2.05) is 17.5 Å². The van der Waals surface area contributed by atoms with Crippen LogP contribution < -0.4 is 19.9 Å². The number of nitrogens with zero attached hydrogens (tertiary/aromatic N) is 2. The van der Waals surface area contributed by atoms with Gasteiger partial charge in [0, 0.05) is 24.1 Å². The van der Waals surface area contributed by atoms with E-state index in [2.05, 4.69) is 18.1 Å². The summed E-state index contributed by atoms with van der Waals surface area (Å²) in [4.78, 5) is 18.7. The fourth-order valence-electron chi connectivity index (χ4n) is 2.77. The Balaban J connectivity index is 1.64. The van der Waals surface area contributed by atoms with Crippen molar-refractivity contribution in [2.24, 2.45) is 0 Å². The number of likely N-dealkylation sites (N-methyl/N-ethyl adjacent to an activating group) is 1. The van der Waals surface area contributed by atoms with Gasteiger partial charge in [-0.3, -0.25) is 9.20 Å². The molecule has 7 heteroatoms. The van der Waals surface area contributed by atoms with E-state index in [9.17, 15) is 4.79 Å². The van der Waals surface area contributed by atoms with E-state index < -0.39 is 0 Å². The molecule has 1 N–H and O–H groups in total. The largest absolute Gasteiger partial charge is 0.493 e. The second-order valence-electron chi connectivity index (χ2n) is 5.96. The van der Waals surface area contributed by atoms with E-state index in [-0.39, 0.29) is 5.56 Å². The van der Waals surface area contributed by atoms with E-state index >= 15 is 0 Å². The van der Waals surface area contributed by atoms with Gasteiger partial charge in [-0.1, -0.05) is 6.07 Å². The second-order valence-corrected chi connectivity index (χ2v) is 6.84. The standard InChI is InChI=1S/C18H21N3O3S/c1-20(7-6-13-4-5-15(23-2)16(10-13)24-3)12-14-11-17(22)21-8-9-25-18(21)19-14/h4-5,8-11H,6-7,12H2,1-3H3/p+1. The van der Waals surface area contributed by atoms with Crippen molar-refractivity contribution in [3.05, 3.63) is 57.5 Å². The van der Waals surface area contributed by atoms with E-state index in [0.29, 0.717) is 0 Å². The lowest BCUT2D eigenvalue weighted by Gasteiger charge is -2.14. The summed E-state index contributed by atoms with van der Waals surface area (Å²) < 4.78 is 12.2. The molecular formula is C18H22N3O3S+. The summed E-state index contributed by atoms with van der Waals surface area (Å²) in [6.07, 6.45) is 2.67. The predicted molar refractivity (Wildman–Crippen MR) is 98.0 cm³/mol. The number of methoxy groups -OCH3 is 2. The molecule has 0 amide bonds. The number of hydrogen-bond acceptors (Lipinski definition) is 5. The molecule has 0 saturated carbocycles. The molecule has 2 heterocycles. The van der Waals surface area contributed by atoms with E-state index in [1.54, 1.807) is 30.9 Å². The highest BCUT2D eigenvalue weighted by molar-refractivity contribution is 7.15. The molecule has 0 radical (unpaired) electrons. The zero-order valence-electron chi connectivity index (χ0n) is 14.6. The van der Waals surface area contributed by atoms with Crippen LogP contribution in [0, 0.1) is 0 Å². The Bertz CT molecular complexity index is 919. The van der Waals surface area contributed by atoms with Gasteiger partial charge in [0.2, 0.25) is 0 Å². The van der Waals surface area contributed by atoms with Crippen molar-refractivity contribution in [2.75, 3.05) is 27.8 Å². The number of nitrogens with one attached hydrogen (secondary N) is 1. The molecule has 1 unspecified atom stereocenters. The summed E-state index contributed by atoms with van der Waals surface area (Å²) in [5, 5.41) is 1.88. The Morgan fingerprint density at radius 1 is 1.20 bits per heavy atom. The zero-order chi connectivity index (χ0) is 17.8. The third-order valence-corrected chi connectivity index (χ3v) is 4.88. The molecule has 0 aliphatic carbocycles. The number of rotatable bonds is 7.